The summed E-state index contributed by atoms with van der Waals surface area (Å²) in [7, 11) is 0. The maximum Gasteiger partial charge on any atom is 0.0558 e. The first-order chi connectivity index (χ1) is 6.77. The Morgan fingerprint density at radius 2 is 2.07 bits per heavy atom. The van der Waals surface area contributed by atoms with Gasteiger partial charge >= 0.3 is 0 Å². The van der Waals surface area contributed by atoms with Crippen LogP contribution in [0.15, 0.2) is 12.2 Å². The van der Waals surface area contributed by atoms with E-state index >= 15 is 0 Å². The molecule has 0 bridgehead atoms. The second-order valence-corrected chi connectivity index (χ2v) is 4.28. The Hall–Kier alpha value is -0.0500. The highest BCUT2D eigenvalue weighted by Gasteiger charge is 2.22. The van der Waals surface area contributed by atoms with Gasteiger partial charge in [-0.05, 0) is 18.4 Å². The van der Waals surface area contributed by atoms with E-state index in [4.69, 9.17) is 16.7 Å². The first-order valence-corrected chi connectivity index (χ1v) is 5.89. The Kier molecular flexibility index (Phi) is 5.53. The van der Waals surface area contributed by atoms with Gasteiger partial charge in [-0.15, -0.1) is 11.6 Å². The Balaban J connectivity index is 2.40. The summed E-state index contributed by atoms with van der Waals surface area (Å²) in [5.41, 5.74) is 1.05. The smallest absolute Gasteiger partial charge is 0.0558 e. The topological polar surface area (TPSA) is 23.5 Å². The Morgan fingerprint density at radius 3 is 2.57 bits per heavy atom. The first kappa shape index (κ1) is 12.0. The fraction of sp³-hybridized carbons (Fsp3) is 0.818. The zero-order chi connectivity index (χ0) is 10.4. The largest absolute Gasteiger partial charge is 0.395 e. The molecule has 1 saturated carbocycles. The second-order valence-electron chi connectivity index (χ2n) is 4.02. The molecular formula is C11H20ClNO. The number of hydrogen-bond acceptors (Lipinski definition) is 2. The highest BCUT2D eigenvalue weighted by molar-refractivity contribution is 6.19. The highest BCUT2D eigenvalue weighted by atomic mass is 35.5. The molecule has 0 aliphatic heterocycles. The van der Waals surface area contributed by atoms with Crippen LogP contribution >= 0.6 is 11.6 Å². The minimum Gasteiger partial charge on any atom is -0.395 e. The van der Waals surface area contributed by atoms with Gasteiger partial charge in [0, 0.05) is 25.0 Å². The third-order valence-electron chi connectivity index (χ3n) is 2.84. The van der Waals surface area contributed by atoms with Crippen LogP contribution < -0.4 is 0 Å². The van der Waals surface area contributed by atoms with E-state index in [1.807, 2.05) is 0 Å². The molecule has 0 radical (unpaired) electrons. The predicted octanol–water partition coefficient (Wildman–Crippen LogP) is 2.02. The summed E-state index contributed by atoms with van der Waals surface area (Å²) >= 11 is 5.71. The summed E-state index contributed by atoms with van der Waals surface area (Å²) in [6.07, 6.45) is 5.16. The molecular weight excluding hydrogens is 198 g/mol. The van der Waals surface area contributed by atoms with Crippen LogP contribution in [0.25, 0.3) is 0 Å². The third kappa shape index (κ3) is 3.60. The zero-order valence-electron chi connectivity index (χ0n) is 8.71. The molecule has 1 N–H and O–H groups in total. The number of nitrogens with zero attached hydrogens (tertiary/aromatic N) is 1. The summed E-state index contributed by atoms with van der Waals surface area (Å²) in [6, 6.07) is 0.641. The van der Waals surface area contributed by atoms with Crippen LogP contribution in [0.5, 0.6) is 0 Å². The third-order valence-corrected chi connectivity index (χ3v) is 3.22. The van der Waals surface area contributed by atoms with Crippen molar-refractivity contribution >= 4 is 11.6 Å². The Labute approximate surface area is 91.6 Å². The molecule has 14 heavy (non-hydrogen) atoms. The molecule has 2 nitrogen and oxygen atoms in total. The molecule has 1 aliphatic carbocycles. The summed E-state index contributed by atoms with van der Waals surface area (Å²) in [5.74, 6) is 0.522. The Bertz CT molecular complexity index is 178. The van der Waals surface area contributed by atoms with Crippen molar-refractivity contribution in [1.29, 1.82) is 0 Å². The van der Waals surface area contributed by atoms with Crippen molar-refractivity contribution in [3.05, 3.63) is 12.2 Å². The maximum atomic E-state index is 8.98. The molecule has 0 unspecified atom stereocenters. The highest BCUT2D eigenvalue weighted by Crippen LogP contribution is 2.23. The van der Waals surface area contributed by atoms with Crippen LogP contribution in [0, 0.1) is 0 Å². The van der Waals surface area contributed by atoms with Crippen molar-refractivity contribution in [1.82, 2.24) is 4.90 Å². The molecule has 0 saturated heterocycles. The summed E-state index contributed by atoms with van der Waals surface area (Å²) < 4.78 is 0. The number of aliphatic hydroxyl groups excluding tert-OH is 1. The molecule has 0 aromatic carbocycles. The number of rotatable bonds is 6. The van der Waals surface area contributed by atoms with Gasteiger partial charge < -0.3 is 5.11 Å². The number of hydrogen-bond donors (Lipinski definition) is 1. The van der Waals surface area contributed by atoms with Gasteiger partial charge in [-0.1, -0.05) is 19.4 Å². The molecule has 0 heterocycles. The molecule has 3 heteroatoms. The average molecular weight is 218 g/mol. The summed E-state index contributed by atoms with van der Waals surface area (Å²) in [4.78, 5) is 2.32. The van der Waals surface area contributed by atoms with Gasteiger partial charge in [-0.25, -0.2) is 0 Å². The van der Waals surface area contributed by atoms with E-state index in [-0.39, 0.29) is 6.61 Å². The lowest BCUT2D eigenvalue weighted by Crippen LogP contribution is -2.37. The fourth-order valence-electron chi connectivity index (χ4n) is 2.12. The van der Waals surface area contributed by atoms with Crippen molar-refractivity contribution in [2.75, 3.05) is 25.6 Å². The maximum absolute atomic E-state index is 8.98. The van der Waals surface area contributed by atoms with Crippen molar-refractivity contribution < 1.29 is 5.11 Å². The van der Waals surface area contributed by atoms with Crippen LogP contribution in [-0.2, 0) is 0 Å². The minimum atomic E-state index is 0.228. The average Bonchev–Trinajstić information content (AvgIpc) is 2.69. The standard InChI is InChI=1S/C11H20ClNO/c1-10(8-12)9-13(6-7-14)11-4-2-3-5-11/h11,14H,1-9H2. The van der Waals surface area contributed by atoms with Crippen LogP contribution in [0.2, 0.25) is 0 Å². The minimum absolute atomic E-state index is 0.228. The van der Waals surface area contributed by atoms with Crippen molar-refractivity contribution in [2.24, 2.45) is 0 Å². The van der Waals surface area contributed by atoms with Crippen LogP contribution in [0.3, 0.4) is 0 Å². The van der Waals surface area contributed by atoms with E-state index in [0.29, 0.717) is 11.9 Å². The lowest BCUT2D eigenvalue weighted by Gasteiger charge is -2.28. The number of alkyl halides is 1. The van der Waals surface area contributed by atoms with Gasteiger partial charge in [0.15, 0.2) is 0 Å². The molecule has 82 valence electrons. The van der Waals surface area contributed by atoms with Crippen LogP contribution in [0.4, 0.5) is 0 Å². The van der Waals surface area contributed by atoms with Gasteiger partial charge in [-0.2, -0.15) is 0 Å². The number of aliphatic hydroxyl groups is 1. The molecule has 1 rings (SSSR count). The zero-order valence-corrected chi connectivity index (χ0v) is 9.47. The number of halogens is 1. The second kappa shape index (κ2) is 6.44. The predicted molar refractivity (Wildman–Crippen MR) is 60.8 cm³/mol. The van der Waals surface area contributed by atoms with E-state index in [1.54, 1.807) is 0 Å². The molecule has 0 spiro atoms. The first-order valence-electron chi connectivity index (χ1n) is 5.35. The van der Waals surface area contributed by atoms with E-state index < -0.39 is 0 Å². The normalized spacial score (nSPS) is 17.9. The van der Waals surface area contributed by atoms with E-state index in [1.165, 1.54) is 25.7 Å². The molecule has 0 atom stereocenters. The molecule has 1 fully saturated rings. The van der Waals surface area contributed by atoms with E-state index in [0.717, 1.165) is 18.7 Å². The monoisotopic (exact) mass is 217 g/mol. The molecule has 0 aromatic heterocycles. The van der Waals surface area contributed by atoms with Gasteiger partial charge in [0.25, 0.3) is 0 Å². The molecule has 0 amide bonds. The van der Waals surface area contributed by atoms with E-state index in [9.17, 15) is 0 Å². The van der Waals surface area contributed by atoms with E-state index in [2.05, 4.69) is 11.5 Å². The van der Waals surface area contributed by atoms with Crippen LogP contribution in [0.1, 0.15) is 25.7 Å². The lowest BCUT2D eigenvalue weighted by atomic mass is 10.2. The quantitative estimate of drug-likeness (QED) is 0.544. The van der Waals surface area contributed by atoms with Gasteiger partial charge in [-0.3, -0.25) is 4.90 Å². The van der Waals surface area contributed by atoms with Gasteiger partial charge in [0.1, 0.15) is 0 Å². The van der Waals surface area contributed by atoms with Crippen LogP contribution in [-0.4, -0.2) is 41.6 Å². The van der Waals surface area contributed by atoms with Crippen molar-refractivity contribution in [3.8, 4) is 0 Å². The van der Waals surface area contributed by atoms with Crippen molar-refractivity contribution in [2.45, 2.75) is 31.7 Å². The van der Waals surface area contributed by atoms with Gasteiger partial charge in [0.2, 0.25) is 0 Å². The lowest BCUT2D eigenvalue weighted by molar-refractivity contribution is 0.163. The summed E-state index contributed by atoms with van der Waals surface area (Å²) in [5, 5.41) is 8.98. The Morgan fingerprint density at radius 1 is 1.43 bits per heavy atom. The summed E-state index contributed by atoms with van der Waals surface area (Å²) in [6.45, 7) is 5.73. The fourth-order valence-corrected chi connectivity index (χ4v) is 2.20. The van der Waals surface area contributed by atoms with Crippen molar-refractivity contribution in [3.63, 3.8) is 0 Å². The van der Waals surface area contributed by atoms with Gasteiger partial charge in [0.05, 0.1) is 6.61 Å². The molecule has 0 aromatic rings. The molecule has 1 aliphatic rings. The SMILES string of the molecule is C=C(CCl)CN(CCO)C1CCCC1.